The van der Waals surface area contributed by atoms with Gasteiger partial charge in [-0.25, -0.2) is 0 Å². The smallest absolute Gasteiger partial charge is 0.135 e. The summed E-state index contributed by atoms with van der Waals surface area (Å²) in [6, 6.07) is 72.3. The van der Waals surface area contributed by atoms with Gasteiger partial charge in [0.2, 0.25) is 0 Å². The molecule has 0 radical (unpaired) electrons. The van der Waals surface area contributed by atoms with E-state index in [1.807, 2.05) is 23.5 Å². The van der Waals surface area contributed by atoms with Crippen LogP contribution in [0, 0.1) is 0 Å². The zero-order valence-corrected chi connectivity index (χ0v) is 30.6. The Balaban J connectivity index is 1.08. The maximum atomic E-state index is 6.14. The highest BCUT2D eigenvalue weighted by molar-refractivity contribution is 7.26. The van der Waals surface area contributed by atoms with Crippen LogP contribution in [0.4, 0.5) is 17.1 Å². The zero-order chi connectivity index (χ0) is 36.3. The molecule has 0 aliphatic heterocycles. The molecule has 9 aromatic carbocycles. The van der Waals surface area contributed by atoms with Gasteiger partial charge < -0.3 is 9.32 Å². The predicted octanol–water partition coefficient (Wildman–Crippen LogP) is 15.6. The second kappa shape index (κ2) is 12.9. The normalized spacial score (nSPS) is 11.6. The first kappa shape index (κ1) is 31.6. The highest BCUT2D eigenvalue weighted by Crippen LogP contribution is 2.45. The molecule has 0 N–H and O–H groups in total. The van der Waals surface area contributed by atoms with Crippen molar-refractivity contribution in [2.45, 2.75) is 0 Å². The summed E-state index contributed by atoms with van der Waals surface area (Å²) in [4.78, 5) is 2.42. The van der Waals surface area contributed by atoms with Crippen LogP contribution < -0.4 is 4.90 Å². The number of hydrogen-bond acceptors (Lipinski definition) is 3. The Kier molecular flexibility index (Phi) is 7.39. The minimum atomic E-state index is 0.906. The van der Waals surface area contributed by atoms with Crippen molar-refractivity contribution in [3.8, 4) is 33.4 Å². The molecule has 0 spiro atoms. The molecule has 0 atom stereocenters. The largest absolute Gasteiger partial charge is 0.456 e. The molecule has 0 aliphatic rings. The minimum absolute atomic E-state index is 0.906. The molecule has 55 heavy (non-hydrogen) atoms. The van der Waals surface area contributed by atoms with Gasteiger partial charge in [-0.05, 0) is 93.2 Å². The van der Waals surface area contributed by atoms with Gasteiger partial charge in [-0.15, -0.1) is 11.3 Å². The van der Waals surface area contributed by atoms with Crippen molar-refractivity contribution in [2.24, 2.45) is 0 Å². The van der Waals surface area contributed by atoms with E-state index in [1.54, 1.807) is 0 Å². The minimum Gasteiger partial charge on any atom is -0.456 e. The van der Waals surface area contributed by atoms with E-state index in [4.69, 9.17) is 4.42 Å². The summed E-state index contributed by atoms with van der Waals surface area (Å²) in [7, 11) is 0. The van der Waals surface area contributed by atoms with Crippen LogP contribution in [-0.2, 0) is 0 Å². The van der Waals surface area contributed by atoms with Crippen LogP contribution in [0.25, 0.3) is 86.3 Å². The van der Waals surface area contributed by atoms with Crippen molar-refractivity contribution in [3.63, 3.8) is 0 Å². The predicted molar refractivity (Wildman–Crippen MR) is 235 cm³/mol. The van der Waals surface area contributed by atoms with E-state index in [2.05, 4.69) is 193 Å². The number of thiophene rings is 1. The molecule has 11 aromatic rings. The maximum absolute atomic E-state index is 6.14. The lowest BCUT2D eigenvalue weighted by molar-refractivity contribution is 0.669. The average Bonchev–Trinajstić information content (AvgIpc) is 3.82. The molecule has 0 saturated carbocycles. The molecule has 2 heterocycles. The molecule has 3 heteroatoms. The summed E-state index contributed by atoms with van der Waals surface area (Å²) in [5.41, 5.74) is 12.3. The van der Waals surface area contributed by atoms with E-state index in [0.29, 0.717) is 0 Å². The number of furan rings is 1. The van der Waals surface area contributed by atoms with Gasteiger partial charge in [0.1, 0.15) is 11.2 Å². The fourth-order valence-electron chi connectivity index (χ4n) is 8.28. The SMILES string of the molecule is c1cc(-c2cccc3c2sc2ccccc23)cc(N(c2ccc(-c3ccc4oc5ccccc5c4c3)cc2)c2ccccc2-c2cccc3ccccc23)c1. The third kappa shape index (κ3) is 5.32. The highest BCUT2D eigenvalue weighted by Gasteiger charge is 2.20. The van der Waals surface area contributed by atoms with Gasteiger partial charge in [0.15, 0.2) is 0 Å². The molecular weight excluding hydrogens is 687 g/mol. The number of anilines is 3. The quantitative estimate of drug-likeness (QED) is 0.170. The monoisotopic (exact) mass is 719 g/mol. The van der Waals surface area contributed by atoms with Crippen molar-refractivity contribution >= 4 is 81.3 Å². The van der Waals surface area contributed by atoms with Gasteiger partial charge in [-0.3, -0.25) is 0 Å². The Labute approximate surface area is 322 Å². The molecular formula is C52H33NOS. The van der Waals surface area contributed by atoms with E-state index >= 15 is 0 Å². The van der Waals surface area contributed by atoms with Crippen LogP contribution in [0.3, 0.4) is 0 Å². The average molecular weight is 720 g/mol. The fraction of sp³-hybridized carbons (Fsp3) is 0. The first-order chi connectivity index (χ1) is 27.3. The van der Waals surface area contributed by atoms with Gasteiger partial charge >= 0.3 is 0 Å². The van der Waals surface area contributed by atoms with Gasteiger partial charge in [0, 0.05) is 47.9 Å². The standard InChI is InChI=1S/C52H33NOS/c1-2-16-40-35(12-1)13-10-21-42(40)43-17-3-6-23-48(43)53(38-29-26-34(27-30-38)36-28-31-50-47(33-36)44-18-4-7-24-49(44)54-50)39-15-9-14-37(32-39)41-20-11-22-46-45-19-5-8-25-51(45)55-52(41)46/h1-33H. The van der Waals surface area contributed by atoms with Crippen LogP contribution >= 0.6 is 11.3 Å². The number of fused-ring (bicyclic) bond motifs is 7. The second-order valence-corrected chi connectivity index (χ2v) is 15.1. The first-order valence-corrected chi connectivity index (χ1v) is 19.5. The Bertz CT molecular complexity index is 3220. The maximum Gasteiger partial charge on any atom is 0.135 e. The number of rotatable bonds is 6. The van der Waals surface area contributed by atoms with Crippen LogP contribution in [0.5, 0.6) is 0 Å². The Morgan fingerprint density at radius 2 is 1.02 bits per heavy atom. The van der Waals surface area contributed by atoms with Crippen LogP contribution in [0.2, 0.25) is 0 Å². The molecule has 2 aromatic heterocycles. The van der Waals surface area contributed by atoms with Crippen molar-refractivity contribution in [2.75, 3.05) is 4.90 Å². The molecule has 0 unspecified atom stereocenters. The summed E-state index contributed by atoms with van der Waals surface area (Å²) in [5.74, 6) is 0. The topological polar surface area (TPSA) is 16.4 Å². The molecule has 0 fully saturated rings. The number of hydrogen-bond donors (Lipinski definition) is 0. The van der Waals surface area contributed by atoms with Crippen molar-refractivity contribution < 1.29 is 4.42 Å². The van der Waals surface area contributed by atoms with Gasteiger partial charge in [0.05, 0.1) is 5.69 Å². The third-order valence-corrected chi connectivity index (χ3v) is 12.1. The summed E-state index contributed by atoms with van der Waals surface area (Å²) in [5, 5.41) is 7.35. The fourth-order valence-corrected chi connectivity index (χ4v) is 9.52. The summed E-state index contributed by atoms with van der Waals surface area (Å²) < 4.78 is 8.77. The van der Waals surface area contributed by atoms with Gasteiger partial charge in [-0.2, -0.15) is 0 Å². The molecule has 0 amide bonds. The lowest BCUT2D eigenvalue weighted by Gasteiger charge is -2.29. The van der Waals surface area contributed by atoms with Crippen molar-refractivity contribution in [1.29, 1.82) is 0 Å². The molecule has 2 nitrogen and oxygen atoms in total. The Hall–Kier alpha value is -6.94. The lowest BCUT2D eigenvalue weighted by atomic mass is 9.95. The molecule has 0 saturated heterocycles. The van der Waals surface area contributed by atoms with Crippen molar-refractivity contribution in [3.05, 3.63) is 200 Å². The van der Waals surface area contributed by atoms with Gasteiger partial charge in [0.25, 0.3) is 0 Å². The third-order valence-electron chi connectivity index (χ3n) is 10.9. The first-order valence-electron chi connectivity index (χ1n) is 18.7. The molecule has 0 bridgehead atoms. The molecule has 0 aliphatic carbocycles. The van der Waals surface area contributed by atoms with E-state index < -0.39 is 0 Å². The second-order valence-electron chi connectivity index (χ2n) is 14.1. The summed E-state index contributed by atoms with van der Waals surface area (Å²) in [6.07, 6.45) is 0. The highest BCUT2D eigenvalue weighted by atomic mass is 32.1. The van der Waals surface area contributed by atoms with Crippen LogP contribution in [0.1, 0.15) is 0 Å². The number of para-hydroxylation sites is 2. The summed E-state index contributed by atoms with van der Waals surface area (Å²) in [6.45, 7) is 0. The van der Waals surface area contributed by atoms with Crippen LogP contribution in [0.15, 0.2) is 205 Å². The van der Waals surface area contributed by atoms with Crippen LogP contribution in [-0.4, -0.2) is 0 Å². The van der Waals surface area contributed by atoms with E-state index in [-0.39, 0.29) is 0 Å². The Morgan fingerprint density at radius 1 is 0.364 bits per heavy atom. The summed E-state index contributed by atoms with van der Waals surface area (Å²) >= 11 is 1.87. The van der Waals surface area contributed by atoms with Crippen molar-refractivity contribution in [1.82, 2.24) is 0 Å². The Morgan fingerprint density at radius 3 is 1.95 bits per heavy atom. The lowest BCUT2D eigenvalue weighted by Crippen LogP contribution is -2.11. The van der Waals surface area contributed by atoms with Gasteiger partial charge in [-0.1, -0.05) is 146 Å². The zero-order valence-electron chi connectivity index (χ0n) is 29.8. The molecule has 258 valence electrons. The number of nitrogens with zero attached hydrogens (tertiary/aromatic N) is 1. The van der Waals surface area contributed by atoms with E-state index in [1.165, 1.54) is 53.2 Å². The van der Waals surface area contributed by atoms with E-state index in [0.717, 1.165) is 50.1 Å². The number of benzene rings is 9. The molecule has 11 rings (SSSR count). The van der Waals surface area contributed by atoms with E-state index in [9.17, 15) is 0 Å².